The minimum Gasteiger partial charge on any atom is -0.397 e. The van der Waals surface area contributed by atoms with Crippen LogP contribution in [0.5, 0.6) is 0 Å². The maximum Gasteiger partial charge on any atom is 0.290 e. The Bertz CT molecular complexity index is 751. The highest BCUT2D eigenvalue weighted by atomic mass is 35.5. The molecule has 1 unspecified atom stereocenters. The van der Waals surface area contributed by atoms with Crippen molar-refractivity contribution in [3.05, 3.63) is 27.3 Å². The smallest absolute Gasteiger partial charge is 0.290 e. The number of anilines is 2. The molecule has 0 aromatic heterocycles. The van der Waals surface area contributed by atoms with Crippen LogP contribution in [-0.4, -0.2) is 31.5 Å². The van der Waals surface area contributed by atoms with Crippen LogP contribution in [0.3, 0.4) is 0 Å². The number of rotatable bonds is 4. The first-order chi connectivity index (χ1) is 10.1. The van der Waals surface area contributed by atoms with Gasteiger partial charge in [-0.1, -0.05) is 11.6 Å². The zero-order valence-corrected chi connectivity index (χ0v) is 12.8. The van der Waals surface area contributed by atoms with E-state index in [0.29, 0.717) is 0 Å². The first-order valence-electron chi connectivity index (χ1n) is 6.12. The van der Waals surface area contributed by atoms with E-state index in [9.17, 15) is 23.3 Å². The molecule has 4 N–H and O–H groups in total. The van der Waals surface area contributed by atoms with Crippen molar-refractivity contribution in [3.63, 3.8) is 0 Å². The molecular weight excluding hydrogens is 336 g/mol. The maximum absolute atomic E-state index is 12.0. The number of carbonyl (C=O) groups is 1. The second-order valence-corrected chi connectivity index (χ2v) is 7.09. The number of amides is 1. The van der Waals surface area contributed by atoms with Crippen LogP contribution in [0, 0.1) is 16.0 Å². The monoisotopic (exact) mass is 348 g/mol. The number of halogens is 1. The van der Waals surface area contributed by atoms with Gasteiger partial charge in [0.15, 0.2) is 0 Å². The van der Waals surface area contributed by atoms with Crippen molar-refractivity contribution in [1.29, 1.82) is 0 Å². The molecule has 9 nitrogen and oxygen atoms in total. The Morgan fingerprint density at radius 2 is 2.09 bits per heavy atom. The van der Waals surface area contributed by atoms with Gasteiger partial charge in [0.1, 0.15) is 5.02 Å². The van der Waals surface area contributed by atoms with E-state index in [-0.39, 0.29) is 46.7 Å². The van der Waals surface area contributed by atoms with Crippen LogP contribution in [0.15, 0.2) is 12.1 Å². The third-order valence-corrected chi connectivity index (χ3v) is 4.50. The Labute approximate surface area is 131 Å². The number of hydrogen-bond acceptors (Lipinski definition) is 6. The highest BCUT2D eigenvalue weighted by Gasteiger charge is 2.34. The fourth-order valence-electron chi connectivity index (χ4n) is 2.40. The fourth-order valence-corrected chi connectivity index (χ4v) is 3.50. The fraction of sp³-hybridized carbons (Fsp3) is 0.364. The van der Waals surface area contributed by atoms with Gasteiger partial charge in [0.2, 0.25) is 15.9 Å². The molecule has 11 heteroatoms. The molecule has 22 heavy (non-hydrogen) atoms. The normalized spacial score (nSPS) is 18.7. The number of sulfonamides is 1. The maximum atomic E-state index is 12.0. The lowest BCUT2D eigenvalue weighted by Crippen LogP contribution is -2.28. The first-order valence-corrected chi connectivity index (χ1v) is 8.22. The average Bonchev–Trinajstić information content (AvgIpc) is 2.69. The van der Waals surface area contributed by atoms with Gasteiger partial charge in [-0.3, -0.25) is 14.9 Å². The highest BCUT2D eigenvalue weighted by Crippen LogP contribution is 2.37. The van der Waals surface area contributed by atoms with E-state index >= 15 is 0 Å². The van der Waals surface area contributed by atoms with Gasteiger partial charge in [0.25, 0.3) is 5.69 Å². The van der Waals surface area contributed by atoms with Crippen LogP contribution in [0.1, 0.15) is 6.42 Å². The summed E-state index contributed by atoms with van der Waals surface area (Å²) in [5, 5.41) is 15.6. The first kappa shape index (κ1) is 16.5. The minimum absolute atomic E-state index is 0.00444. The van der Waals surface area contributed by atoms with Crippen molar-refractivity contribution in [2.75, 3.05) is 22.9 Å². The summed E-state index contributed by atoms with van der Waals surface area (Å²) in [5.74, 6) is -1.13. The predicted octanol–water partition coefficient (Wildman–Crippen LogP) is 0.472. The Hall–Kier alpha value is -1.91. The molecule has 120 valence electrons. The summed E-state index contributed by atoms with van der Waals surface area (Å²) in [6.07, 6.45) is 0.00444. The number of nitrogens with two attached hydrogens (primary N) is 2. The van der Waals surface area contributed by atoms with Gasteiger partial charge in [-0.2, -0.15) is 0 Å². The standard InChI is InChI=1S/C11H13ClN4O5S/c12-7-2-10(8(13)3-9(7)16(18)19)15-4-6(1-11(15)17)5-22(14,20)21/h2-3,6H,1,4-5,13H2,(H2,14,20,21). The van der Waals surface area contributed by atoms with E-state index in [1.54, 1.807) is 0 Å². The van der Waals surface area contributed by atoms with Crippen molar-refractivity contribution in [1.82, 2.24) is 0 Å². The van der Waals surface area contributed by atoms with Crippen molar-refractivity contribution in [2.45, 2.75) is 6.42 Å². The largest absolute Gasteiger partial charge is 0.397 e. The second kappa shape index (κ2) is 5.71. The van der Waals surface area contributed by atoms with Gasteiger partial charge in [0.05, 0.1) is 22.1 Å². The van der Waals surface area contributed by atoms with Gasteiger partial charge in [0, 0.05) is 24.9 Å². The number of benzene rings is 1. The zero-order valence-electron chi connectivity index (χ0n) is 11.2. The summed E-state index contributed by atoms with van der Waals surface area (Å²) in [4.78, 5) is 23.4. The summed E-state index contributed by atoms with van der Waals surface area (Å²) in [7, 11) is -3.70. The summed E-state index contributed by atoms with van der Waals surface area (Å²) in [5.41, 5.74) is 5.61. The van der Waals surface area contributed by atoms with Gasteiger partial charge in [-0.05, 0) is 6.07 Å². The molecule has 0 radical (unpaired) electrons. The Balaban J connectivity index is 2.31. The topological polar surface area (TPSA) is 150 Å². The van der Waals surface area contributed by atoms with Gasteiger partial charge in [-0.25, -0.2) is 13.6 Å². The van der Waals surface area contributed by atoms with E-state index in [4.69, 9.17) is 22.5 Å². The average molecular weight is 349 g/mol. The van der Waals surface area contributed by atoms with Crippen LogP contribution in [-0.2, 0) is 14.8 Å². The second-order valence-electron chi connectivity index (χ2n) is 5.02. The molecule has 1 aliphatic rings. The third-order valence-electron chi connectivity index (χ3n) is 3.26. The van der Waals surface area contributed by atoms with E-state index in [1.807, 2.05) is 0 Å². The lowest BCUT2D eigenvalue weighted by atomic mass is 10.1. The van der Waals surface area contributed by atoms with Crippen molar-refractivity contribution < 1.29 is 18.1 Å². The van der Waals surface area contributed by atoms with Gasteiger partial charge < -0.3 is 10.6 Å². The molecule has 1 amide bonds. The van der Waals surface area contributed by atoms with Crippen LogP contribution < -0.4 is 15.8 Å². The Kier molecular flexibility index (Phi) is 4.27. The van der Waals surface area contributed by atoms with Crippen LogP contribution in [0.4, 0.5) is 17.1 Å². The Morgan fingerprint density at radius 3 is 2.64 bits per heavy atom. The molecule has 1 atom stereocenters. The summed E-state index contributed by atoms with van der Waals surface area (Å²) < 4.78 is 22.2. The molecular formula is C11H13ClN4O5S. The molecule has 2 rings (SSSR count). The zero-order chi connectivity index (χ0) is 16.7. The van der Waals surface area contributed by atoms with E-state index < -0.39 is 20.9 Å². The number of primary sulfonamides is 1. The van der Waals surface area contributed by atoms with E-state index in [0.717, 1.165) is 6.07 Å². The molecule has 1 heterocycles. The summed E-state index contributed by atoms with van der Waals surface area (Å²) in [6.45, 7) is 0.105. The van der Waals surface area contributed by atoms with Crippen LogP contribution >= 0.6 is 11.6 Å². The van der Waals surface area contributed by atoms with Crippen molar-refractivity contribution >= 4 is 44.6 Å². The molecule has 0 aliphatic carbocycles. The predicted molar refractivity (Wildman–Crippen MR) is 81.0 cm³/mol. The third kappa shape index (κ3) is 3.46. The molecule has 1 fully saturated rings. The van der Waals surface area contributed by atoms with Gasteiger partial charge in [-0.15, -0.1) is 0 Å². The van der Waals surface area contributed by atoms with E-state index in [2.05, 4.69) is 0 Å². The summed E-state index contributed by atoms with van der Waals surface area (Å²) >= 11 is 5.81. The number of nitro benzene ring substituents is 1. The molecule has 0 spiro atoms. The molecule has 1 aliphatic heterocycles. The molecule has 0 saturated carbocycles. The van der Waals surface area contributed by atoms with Crippen LogP contribution in [0.25, 0.3) is 0 Å². The molecule has 1 saturated heterocycles. The number of hydrogen-bond donors (Lipinski definition) is 2. The minimum atomic E-state index is -3.70. The number of nitrogens with zero attached hydrogens (tertiary/aromatic N) is 2. The SMILES string of the molecule is Nc1cc([N+](=O)[O-])c(Cl)cc1N1CC(CS(N)(=O)=O)CC1=O. The van der Waals surface area contributed by atoms with E-state index in [1.165, 1.54) is 11.0 Å². The molecule has 0 bridgehead atoms. The lowest BCUT2D eigenvalue weighted by Gasteiger charge is -2.19. The van der Waals surface area contributed by atoms with Crippen molar-refractivity contribution in [3.8, 4) is 0 Å². The molecule has 1 aromatic rings. The van der Waals surface area contributed by atoms with Crippen LogP contribution in [0.2, 0.25) is 5.02 Å². The quantitative estimate of drug-likeness (QED) is 0.458. The highest BCUT2D eigenvalue weighted by molar-refractivity contribution is 7.89. The number of nitrogen functional groups attached to an aromatic ring is 1. The Morgan fingerprint density at radius 1 is 1.45 bits per heavy atom. The van der Waals surface area contributed by atoms with Crippen molar-refractivity contribution in [2.24, 2.45) is 11.1 Å². The summed E-state index contributed by atoms with van der Waals surface area (Å²) in [6, 6.07) is 2.30. The van der Waals surface area contributed by atoms with Gasteiger partial charge >= 0.3 is 0 Å². The molecule has 1 aromatic carbocycles. The lowest BCUT2D eigenvalue weighted by molar-refractivity contribution is -0.384. The number of carbonyl (C=O) groups excluding carboxylic acids is 1. The number of nitro groups is 1.